The largest absolute Gasteiger partial charge is 0.325 e. The van der Waals surface area contributed by atoms with Crippen molar-refractivity contribution in [2.24, 2.45) is 0 Å². The van der Waals surface area contributed by atoms with Crippen LogP contribution < -0.4 is 4.90 Å². The van der Waals surface area contributed by atoms with Crippen LogP contribution in [0.25, 0.3) is 16.9 Å². The molecule has 2 aliphatic heterocycles. The monoisotopic (exact) mass is 453 g/mol. The number of piperazine rings is 1. The predicted molar refractivity (Wildman–Crippen MR) is 124 cm³/mol. The maximum atomic E-state index is 13.8. The van der Waals surface area contributed by atoms with Crippen LogP contribution in [0, 0.1) is 5.82 Å². The van der Waals surface area contributed by atoms with Gasteiger partial charge in [-0.25, -0.2) is 14.2 Å². The van der Waals surface area contributed by atoms with E-state index in [9.17, 15) is 9.18 Å². The summed E-state index contributed by atoms with van der Waals surface area (Å²) in [7, 11) is 2.09. The standard InChI is InChI=1S/C24H25ClFN5O/c1-15-11-29(12-16(2)28(15)3)24(32)30-13-21-22(17-7-9-18(26)10-8-17)27-14-31(21)20-6-4-5-19(25)23(20)30/h4-10,14-16H,11-13H2,1-3H3. The molecular weight excluding hydrogens is 429 g/mol. The smallest absolute Gasteiger partial charge is 0.321 e. The number of carbonyl (C=O) groups excluding carboxylic acids is 1. The second kappa shape index (κ2) is 7.90. The highest BCUT2D eigenvalue weighted by Gasteiger charge is 2.36. The zero-order valence-corrected chi connectivity index (χ0v) is 19.1. The first-order valence-corrected chi connectivity index (χ1v) is 11.1. The molecule has 3 aromatic rings. The average molecular weight is 454 g/mol. The van der Waals surface area contributed by atoms with E-state index in [-0.39, 0.29) is 23.9 Å². The molecule has 3 heterocycles. The Hall–Kier alpha value is -2.90. The minimum absolute atomic E-state index is 0.0661. The van der Waals surface area contributed by atoms with Gasteiger partial charge in [0.05, 0.1) is 34.3 Å². The molecule has 6 nitrogen and oxygen atoms in total. The van der Waals surface area contributed by atoms with E-state index in [0.717, 1.165) is 22.6 Å². The number of imidazole rings is 1. The number of urea groups is 1. The highest BCUT2D eigenvalue weighted by Crippen LogP contribution is 2.41. The highest BCUT2D eigenvalue weighted by atomic mass is 35.5. The number of anilines is 1. The minimum atomic E-state index is -0.297. The van der Waals surface area contributed by atoms with Gasteiger partial charge in [-0.05, 0) is 57.3 Å². The average Bonchev–Trinajstić information content (AvgIpc) is 3.21. The van der Waals surface area contributed by atoms with Gasteiger partial charge in [-0.2, -0.15) is 0 Å². The molecule has 2 unspecified atom stereocenters. The second-order valence-electron chi connectivity index (χ2n) is 8.66. The zero-order valence-electron chi connectivity index (χ0n) is 18.3. The van der Waals surface area contributed by atoms with Crippen molar-refractivity contribution in [3.8, 4) is 16.9 Å². The molecule has 0 bridgehead atoms. The van der Waals surface area contributed by atoms with E-state index in [1.165, 1.54) is 12.1 Å². The lowest BCUT2D eigenvalue weighted by molar-refractivity contribution is 0.0791. The zero-order chi connectivity index (χ0) is 22.6. The Labute approximate surface area is 191 Å². The molecule has 2 atom stereocenters. The minimum Gasteiger partial charge on any atom is -0.321 e. The van der Waals surface area contributed by atoms with Crippen LogP contribution >= 0.6 is 11.6 Å². The Morgan fingerprint density at radius 1 is 1.09 bits per heavy atom. The fraction of sp³-hybridized carbons (Fsp3) is 0.333. The molecule has 1 aromatic heterocycles. The van der Waals surface area contributed by atoms with Gasteiger partial charge in [-0.1, -0.05) is 17.7 Å². The Morgan fingerprint density at radius 3 is 2.47 bits per heavy atom. The summed E-state index contributed by atoms with van der Waals surface area (Å²) in [6.45, 7) is 5.90. The number of aromatic nitrogens is 2. The third-order valence-electron chi connectivity index (χ3n) is 6.65. The molecule has 0 N–H and O–H groups in total. The summed E-state index contributed by atoms with van der Waals surface area (Å²) in [5.74, 6) is -0.297. The molecule has 32 heavy (non-hydrogen) atoms. The Kier molecular flexibility index (Phi) is 5.18. The van der Waals surface area contributed by atoms with Crippen LogP contribution in [0.4, 0.5) is 14.9 Å². The molecular formula is C24H25ClFN5O. The SMILES string of the molecule is CC1CN(C(=O)N2Cc3c(-c4ccc(F)cc4)ncn3-c3cccc(Cl)c32)CC(C)N1C. The molecule has 1 fully saturated rings. The van der Waals surface area contributed by atoms with E-state index in [1.54, 1.807) is 29.4 Å². The molecule has 0 spiro atoms. The topological polar surface area (TPSA) is 44.6 Å². The molecule has 0 radical (unpaired) electrons. The lowest BCUT2D eigenvalue weighted by atomic mass is 10.1. The number of hydrogen-bond acceptors (Lipinski definition) is 3. The fourth-order valence-electron chi connectivity index (χ4n) is 4.67. The van der Waals surface area contributed by atoms with Gasteiger partial charge in [0.25, 0.3) is 0 Å². The lowest BCUT2D eigenvalue weighted by Gasteiger charge is -2.44. The molecule has 1 saturated heterocycles. The van der Waals surface area contributed by atoms with E-state index in [2.05, 4.69) is 30.8 Å². The van der Waals surface area contributed by atoms with Crippen molar-refractivity contribution >= 4 is 23.3 Å². The van der Waals surface area contributed by atoms with Gasteiger partial charge in [0, 0.05) is 30.7 Å². The van der Waals surface area contributed by atoms with Crippen LogP contribution in [0.5, 0.6) is 0 Å². The van der Waals surface area contributed by atoms with Gasteiger partial charge in [0.1, 0.15) is 12.1 Å². The van der Waals surface area contributed by atoms with Crippen molar-refractivity contribution in [2.75, 3.05) is 25.0 Å². The number of nitrogens with zero attached hydrogens (tertiary/aromatic N) is 5. The van der Waals surface area contributed by atoms with Crippen LogP contribution in [-0.4, -0.2) is 57.6 Å². The van der Waals surface area contributed by atoms with Gasteiger partial charge in [0.15, 0.2) is 0 Å². The van der Waals surface area contributed by atoms with Crippen molar-refractivity contribution in [3.63, 3.8) is 0 Å². The Bertz CT molecular complexity index is 1170. The number of rotatable bonds is 1. The number of halogens is 2. The summed E-state index contributed by atoms with van der Waals surface area (Å²) in [5, 5.41) is 0.522. The third-order valence-corrected chi connectivity index (χ3v) is 6.95. The van der Waals surface area contributed by atoms with Gasteiger partial charge < -0.3 is 4.90 Å². The Morgan fingerprint density at radius 2 is 1.78 bits per heavy atom. The lowest BCUT2D eigenvalue weighted by Crippen LogP contribution is -2.59. The summed E-state index contributed by atoms with van der Waals surface area (Å²) >= 11 is 6.61. The molecule has 0 aliphatic carbocycles. The fourth-order valence-corrected chi connectivity index (χ4v) is 4.94. The first-order chi connectivity index (χ1) is 15.3. The first kappa shape index (κ1) is 21.0. The summed E-state index contributed by atoms with van der Waals surface area (Å²) in [4.78, 5) is 24.4. The maximum Gasteiger partial charge on any atom is 0.325 e. The Balaban J connectivity index is 1.58. The maximum absolute atomic E-state index is 13.8. The highest BCUT2D eigenvalue weighted by molar-refractivity contribution is 6.34. The number of para-hydroxylation sites is 1. The number of benzene rings is 2. The molecule has 5 rings (SSSR count). The second-order valence-corrected chi connectivity index (χ2v) is 9.07. The van der Waals surface area contributed by atoms with Gasteiger partial charge in [-0.15, -0.1) is 0 Å². The predicted octanol–water partition coefficient (Wildman–Crippen LogP) is 4.80. The molecule has 8 heteroatoms. The van der Waals surface area contributed by atoms with Crippen molar-refractivity contribution in [2.45, 2.75) is 32.5 Å². The summed E-state index contributed by atoms with van der Waals surface area (Å²) in [6, 6.07) is 12.3. The van der Waals surface area contributed by atoms with E-state index >= 15 is 0 Å². The van der Waals surface area contributed by atoms with Crippen molar-refractivity contribution in [1.29, 1.82) is 0 Å². The van der Waals surface area contributed by atoms with Crippen LogP contribution in [0.1, 0.15) is 19.5 Å². The van der Waals surface area contributed by atoms with E-state index < -0.39 is 0 Å². The van der Waals surface area contributed by atoms with Crippen molar-refractivity contribution < 1.29 is 9.18 Å². The number of likely N-dealkylation sites (N-methyl/N-ethyl adjacent to an activating group) is 1. The van der Waals surface area contributed by atoms with Crippen LogP contribution in [-0.2, 0) is 6.54 Å². The van der Waals surface area contributed by atoms with E-state index in [4.69, 9.17) is 11.6 Å². The molecule has 0 saturated carbocycles. The summed E-state index contributed by atoms with van der Waals surface area (Å²) < 4.78 is 15.4. The van der Waals surface area contributed by atoms with Crippen molar-refractivity contribution in [3.05, 3.63) is 65.3 Å². The van der Waals surface area contributed by atoms with Crippen LogP contribution in [0.15, 0.2) is 48.8 Å². The van der Waals surface area contributed by atoms with Gasteiger partial charge >= 0.3 is 6.03 Å². The number of fused-ring (bicyclic) bond motifs is 3. The summed E-state index contributed by atoms with van der Waals surface area (Å²) in [6.07, 6.45) is 1.74. The number of amides is 2. The van der Waals surface area contributed by atoms with Crippen molar-refractivity contribution in [1.82, 2.24) is 19.4 Å². The number of hydrogen-bond donors (Lipinski definition) is 0. The quantitative estimate of drug-likeness (QED) is 0.532. The van der Waals surface area contributed by atoms with E-state index in [1.807, 2.05) is 21.6 Å². The van der Waals surface area contributed by atoms with Gasteiger partial charge in [-0.3, -0.25) is 14.4 Å². The van der Waals surface area contributed by atoms with Gasteiger partial charge in [0.2, 0.25) is 0 Å². The summed E-state index contributed by atoms with van der Waals surface area (Å²) in [5.41, 5.74) is 3.90. The normalized spacial score (nSPS) is 20.8. The molecule has 2 amide bonds. The molecule has 166 valence electrons. The van der Waals surface area contributed by atoms with E-state index in [0.29, 0.717) is 30.3 Å². The molecule has 2 aliphatic rings. The number of carbonyl (C=O) groups is 1. The first-order valence-electron chi connectivity index (χ1n) is 10.7. The molecule has 2 aromatic carbocycles. The third kappa shape index (κ3) is 3.36. The van der Waals surface area contributed by atoms with Crippen LogP contribution in [0.2, 0.25) is 5.02 Å². The van der Waals surface area contributed by atoms with Crippen LogP contribution in [0.3, 0.4) is 0 Å².